The lowest BCUT2D eigenvalue weighted by molar-refractivity contribution is -0.165. The minimum Gasteiger partial charge on any atom is -0.463 e. The number of carbonyl (C=O) groups is 1. The van der Waals surface area contributed by atoms with Crippen molar-refractivity contribution < 1.29 is 19.7 Å². The molecule has 9 atom stereocenters. The largest absolute Gasteiger partial charge is 0.463 e. The topological polar surface area (TPSA) is 66.8 Å². The number of rotatable bonds is 9. The van der Waals surface area contributed by atoms with Gasteiger partial charge < -0.3 is 14.9 Å². The average molecular weight is 465 g/mol. The number of ether oxygens (including phenoxy) is 1. The Hall–Kier alpha value is -0.610. The predicted octanol–water partition coefficient (Wildman–Crippen LogP) is 6.37. The van der Waals surface area contributed by atoms with Gasteiger partial charge in [0.2, 0.25) is 0 Å². The fourth-order valence-corrected chi connectivity index (χ4v) is 8.61. The monoisotopic (exact) mass is 464 g/mol. The molecule has 33 heavy (non-hydrogen) atoms. The first-order chi connectivity index (χ1) is 15.5. The number of hydrogen-bond donors (Lipinski definition) is 2. The van der Waals surface area contributed by atoms with Crippen LogP contribution in [0.1, 0.15) is 112 Å². The summed E-state index contributed by atoms with van der Waals surface area (Å²) in [5.74, 6) is 3.13. The van der Waals surface area contributed by atoms with Gasteiger partial charge in [-0.25, -0.2) is 0 Å². The number of carbonyl (C=O) groups excluding carboxylic acids is 1. The van der Waals surface area contributed by atoms with E-state index in [1.54, 1.807) is 0 Å². The SMILES string of the molecule is CC(=O)O[C@H]1CC[C@@]2(C)[C@@H](CCC(C3CC[C@H]([C@H](C)CCCC(C)C)[C@@]3(C)CCO)[C@@H]2O)C1. The molecule has 0 radical (unpaired) electrons. The van der Waals surface area contributed by atoms with Gasteiger partial charge in [-0.3, -0.25) is 4.79 Å². The first-order valence-electron chi connectivity index (χ1n) is 14.0. The lowest BCUT2D eigenvalue weighted by Crippen LogP contribution is -2.54. The highest BCUT2D eigenvalue weighted by Crippen LogP contribution is 2.62. The van der Waals surface area contributed by atoms with Gasteiger partial charge in [0.1, 0.15) is 6.10 Å². The maximum atomic E-state index is 11.8. The zero-order valence-electron chi connectivity index (χ0n) is 22.3. The second kappa shape index (κ2) is 11.0. The third-order valence-electron chi connectivity index (χ3n) is 10.5. The molecular weight excluding hydrogens is 412 g/mol. The van der Waals surface area contributed by atoms with E-state index in [0.29, 0.717) is 29.6 Å². The number of hydrogen-bond acceptors (Lipinski definition) is 4. The Kier molecular flexibility index (Phi) is 8.98. The van der Waals surface area contributed by atoms with Crippen LogP contribution >= 0.6 is 0 Å². The second-order valence-corrected chi connectivity index (χ2v) is 13.0. The van der Waals surface area contributed by atoms with E-state index in [4.69, 9.17) is 4.74 Å². The molecule has 0 heterocycles. The molecular formula is C29H52O4. The Morgan fingerprint density at radius 1 is 1.06 bits per heavy atom. The van der Waals surface area contributed by atoms with E-state index in [1.165, 1.54) is 39.0 Å². The highest BCUT2D eigenvalue weighted by molar-refractivity contribution is 5.66. The van der Waals surface area contributed by atoms with Crippen LogP contribution in [0.15, 0.2) is 0 Å². The van der Waals surface area contributed by atoms with Crippen molar-refractivity contribution in [2.24, 2.45) is 46.3 Å². The Labute approximate surface area is 203 Å². The summed E-state index contributed by atoms with van der Waals surface area (Å²) in [6, 6.07) is 0. The fraction of sp³-hybridized carbons (Fsp3) is 0.966. The van der Waals surface area contributed by atoms with Gasteiger partial charge >= 0.3 is 5.97 Å². The van der Waals surface area contributed by atoms with Crippen molar-refractivity contribution in [1.29, 1.82) is 0 Å². The molecule has 3 saturated carbocycles. The highest BCUT2D eigenvalue weighted by Gasteiger charge is 2.57. The van der Waals surface area contributed by atoms with Gasteiger partial charge in [-0.1, -0.05) is 53.9 Å². The number of esters is 1. The molecule has 2 N–H and O–H groups in total. The molecule has 3 aliphatic carbocycles. The van der Waals surface area contributed by atoms with Crippen molar-refractivity contribution in [3.8, 4) is 0 Å². The van der Waals surface area contributed by atoms with Crippen LogP contribution in [0.4, 0.5) is 0 Å². The molecule has 4 nitrogen and oxygen atoms in total. The molecule has 0 aliphatic heterocycles. The fourth-order valence-electron chi connectivity index (χ4n) is 8.61. The van der Waals surface area contributed by atoms with Gasteiger partial charge in [0, 0.05) is 13.5 Å². The number of aliphatic hydroxyl groups is 2. The van der Waals surface area contributed by atoms with Crippen LogP contribution < -0.4 is 0 Å². The van der Waals surface area contributed by atoms with Crippen LogP contribution in [-0.2, 0) is 9.53 Å². The maximum Gasteiger partial charge on any atom is 0.302 e. The van der Waals surface area contributed by atoms with E-state index in [0.717, 1.165) is 44.4 Å². The van der Waals surface area contributed by atoms with Gasteiger partial charge in [-0.2, -0.15) is 0 Å². The first kappa shape index (κ1) is 27.0. The Morgan fingerprint density at radius 2 is 1.79 bits per heavy atom. The lowest BCUT2D eigenvalue weighted by atomic mass is 9.51. The minimum atomic E-state index is -0.299. The summed E-state index contributed by atoms with van der Waals surface area (Å²) in [4.78, 5) is 11.5. The van der Waals surface area contributed by atoms with Gasteiger partial charge in [0.05, 0.1) is 6.10 Å². The second-order valence-electron chi connectivity index (χ2n) is 13.0. The van der Waals surface area contributed by atoms with E-state index < -0.39 is 0 Å². The van der Waals surface area contributed by atoms with Crippen molar-refractivity contribution in [3.63, 3.8) is 0 Å². The average Bonchev–Trinajstić information content (AvgIpc) is 3.06. The van der Waals surface area contributed by atoms with Crippen molar-refractivity contribution >= 4 is 5.97 Å². The molecule has 192 valence electrons. The van der Waals surface area contributed by atoms with Crippen LogP contribution in [0.3, 0.4) is 0 Å². The molecule has 0 aromatic rings. The molecule has 0 bridgehead atoms. The van der Waals surface area contributed by atoms with Crippen LogP contribution in [-0.4, -0.2) is 35.0 Å². The molecule has 0 aromatic heterocycles. The minimum absolute atomic E-state index is 0.0199. The molecule has 0 amide bonds. The molecule has 4 heteroatoms. The standard InChI is InChI=1S/C29H52O4/c1-19(2)8-7-9-20(3)25-12-13-26(29(25,6)16-17-30)24-11-10-22-18-23(33-21(4)31)14-15-28(22,5)27(24)32/h19-20,22-27,30,32H,7-18H2,1-6H3/t20-,22+,23+,24?,25-,26?,27+,28+,29-/m1/s1. The molecule has 0 spiro atoms. The predicted molar refractivity (Wildman–Crippen MR) is 134 cm³/mol. The summed E-state index contributed by atoms with van der Waals surface area (Å²) < 4.78 is 5.55. The Bertz CT molecular complexity index is 648. The molecule has 3 aliphatic rings. The van der Waals surface area contributed by atoms with Gasteiger partial charge in [-0.05, 0) is 97.7 Å². The van der Waals surface area contributed by atoms with Crippen molar-refractivity contribution in [3.05, 3.63) is 0 Å². The smallest absolute Gasteiger partial charge is 0.302 e. The first-order valence-corrected chi connectivity index (χ1v) is 14.0. The summed E-state index contributed by atoms with van der Waals surface area (Å²) in [5, 5.41) is 21.9. The summed E-state index contributed by atoms with van der Waals surface area (Å²) in [6.07, 6.45) is 11.8. The lowest BCUT2D eigenvalue weighted by Gasteiger charge is -2.56. The van der Waals surface area contributed by atoms with Gasteiger partial charge in [-0.15, -0.1) is 0 Å². The third-order valence-corrected chi connectivity index (χ3v) is 10.5. The molecule has 2 unspecified atom stereocenters. The molecule has 0 aromatic carbocycles. The van der Waals surface area contributed by atoms with Crippen LogP contribution in [0, 0.1) is 46.3 Å². The van der Waals surface area contributed by atoms with E-state index in [9.17, 15) is 15.0 Å². The Morgan fingerprint density at radius 3 is 2.42 bits per heavy atom. The van der Waals surface area contributed by atoms with E-state index >= 15 is 0 Å². The molecule has 3 rings (SSSR count). The van der Waals surface area contributed by atoms with Gasteiger partial charge in [0.25, 0.3) is 0 Å². The normalized spacial score (nSPS) is 42.2. The summed E-state index contributed by atoms with van der Waals surface area (Å²) in [7, 11) is 0. The van der Waals surface area contributed by atoms with Crippen LogP contribution in [0.2, 0.25) is 0 Å². The summed E-state index contributed by atoms with van der Waals surface area (Å²) in [5.41, 5.74) is 0.0242. The summed E-state index contributed by atoms with van der Waals surface area (Å²) >= 11 is 0. The van der Waals surface area contributed by atoms with Crippen molar-refractivity contribution in [2.75, 3.05) is 6.61 Å². The van der Waals surface area contributed by atoms with Crippen LogP contribution in [0.25, 0.3) is 0 Å². The van der Waals surface area contributed by atoms with Crippen molar-refractivity contribution in [1.82, 2.24) is 0 Å². The zero-order valence-corrected chi connectivity index (χ0v) is 22.3. The summed E-state index contributed by atoms with van der Waals surface area (Å²) in [6.45, 7) is 13.5. The zero-order chi connectivity index (χ0) is 24.4. The molecule has 3 fully saturated rings. The number of fused-ring (bicyclic) bond motifs is 1. The van der Waals surface area contributed by atoms with E-state index in [1.807, 2.05) is 0 Å². The quantitative estimate of drug-likeness (QED) is 0.389. The maximum absolute atomic E-state index is 11.8. The van der Waals surface area contributed by atoms with E-state index in [2.05, 4.69) is 34.6 Å². The number of aliphatic hydroxyl groups excluding tert-OH is 2. The molecule has 0 saturated heterocycles. The van der Waals surface area contributed by atoms with Crippen LogP contribution in [0.5, 0.6) is 0 Å². The highest BCUT2D eigenvalue weighted by atomic mass is 16.5. The van der Waals surface area contributed by atoms with Crippen molar-refractivity contribution in [2.45, 2.75) is 124 Å². The Balaban J connectivity index is 1.72. The van der Waals surface area contributed by atoms with Gasteiger partial charge in [0.15, 0.2) is 0 Å². The van der Waals surface area contributed by atoms with E-state index in [-0.39, 0.29) is 35.6 Å². The third kappa shape index (κ3) is 5.63.